The Morgan fingerprint density at radius 3 is 2.75 bits per heavy atom. The zero-order valence-electron chi connectivity index (χ0n) is 13.0. The van der Waals surface area contributed by atoms with Gasteiger partial charge in [-0.15, -0.1) is 0 Å². The number of benzene rings is 2. The minimum Gasteiger partial charge on any atom is -0.489 e. The molecule has 0 saturated carbocycles. The number of pyridine rings is 1. The molecule has 0 bridgehead atoms. The standard InChI is InChI=1S/C18H15FN2O3/c1-23-18(22)21-15-4-6-16(7-5-15)24-11-13-10-14(19)9-12-3-2-8-20-17(12)13/h2-10H,11H2,1H3,(H,21,22). The van der Waals surface area contributed by atoms with E-state index in [-0.39, 0.29) is 12.4 Å². The SMILES string of the molecule is COC(=O)Nc1ccc(OCc2cc(F)cc3cccnc23)cc1. The van der Waals surface area contributed by atoms with E-state index in [9.17, 15) is 9.18 Å². The van der Waals surface area contributed by atoms with Crippen molar-refractivity contribution >= 4 is 22.7 Å². The first kappa shape index (κ1) is 15.7. The summed E-state index contributed by atoms with van der Waals surface area (Å²) in [5, 5.41) is 3.28. The number of carbonyl (C=O) groups is 1. The molecule has 0 saturated heterocycles. The monoisotopic (exact) mass is 326 g/mol. The summed E-state index contributed by atoms with van der Waals surface area (Å²) in [6.07, 6.45) is 1.12. The summed E-state index contributed by atoms with van der Waals surface area (Å²) in [4.78, 5) is 15.4. The van der Waals surface area contributed by atoms with Crippen LogP contribution < -0.4 is 10.1 Å². The zero-order valence-corrected chi connectivity index (χ0v) is 13.0. The molecule has 0 aliphatic heterocycles. The molecule has 0 radical (unpaired) electrons. The van der Waals surface area contributed by atoms with Crippen molar-refractivity contribution in [2.75, 3.05) is 12.4 Å². The molecule has 1 aromatic heterocycles. The number of hydrogen-bond acceptors (Lipinski definition) is 4. The van der Waals surface area contributed by atoms with Crippen molar-refractivity contribution < 1.29 is 18.7 Å². The highest BCUT2D eigenvalue weighted by Crippen LogP contribution is 2.21. The number of aromatic nitrogens is 1. The van der Waals surface area contributed by atoms with Crippen molar-refractivity contribution in [1.29, 1.82) is 0 Å². The van der Waals surface area contributed by atoms with Gasteiger partial charge in [0.05, 0.1) is 12.6 Å². The molecule has 5 nitrogen and oxygen atoms in total. The van der Waals surface area contributed by atoms with Crippen LogP contribution in [0.25, 0.3) is 10.9 Å². The summed E-state index contributed by atoms with van der Waals surface area (Å²) in [6.45, 7) is 0.190. The number of halogens is 1. The van der Waals surface area contributed by atoms with E-state index in [4.69, 9.17) is 4.74 Å². The summed E-state index contributed by atoms with van der Waals surface area (Å²) in [5.74, 6) is 0.269. The summed E-state index contributed by atoms with van der Waals surface area (Å²) < 4.78 is 23.9. The lowest BCUT2D eigenvalue weighted by Gasteiger charge is -2.10. The number of amides is 1. The summed E-state index contributed by atoms with van der Waals surface area (Å²) >= 11 is 0. The molecule has 3 aromatic rings. The Hall–Kier alpha value is -3.15. The van der Waals surface area contributed by atoms with Gasteiger partial charge in [-0.2, -0.15) is 0 Å². The zero-order chi connectivity index (χ0) is 16.9. The maximum atomic E-state index is 13.7. The second-order valence-electron chi connectivity index (χ2n) is 5.07. The molecule has 1 heterocycles. The van der Waals surface area contributed by atoms with Crippen LogP contribution >= 0.6 is 0 Å². The van der Waals surface area contributed by atoms with E-state index in [1.165, 1.54) is 19.2 Å². The third kappa shape index (κ3) is 3.60. The van der Waals surface area contributed by atoms with E-state index in [1.807, 2.05) is 6.07 Å². The molecule has 0 atom stereocenters. The van der Waals surface area contributed by atoms with Gasteiger partial charge in [-0.05, 0) is 42.5 Å². The van der Waals surface area contributed by atoms with Gasteiger partial charge in [0.1, 0.15) is 18.2 Å². The van der Waals surface area contributed by atoms with Gasteiger partial charge >= 0.3 is 6.09 Å². The molecule has 24 heavy (non-hydrogen) atoms. The molecular formula is C18H15FN2O3. The van der Waals surface area contributed by atoms with E-state index in [0.717, 1.165) is 5.39 Å². The highest BCUT2D eigenvalue weighted by atomic mass is 19.1. The molecule has 3 rings (SSSR count). The van der Waals surface area contributed by atoms with Crippen LogP contribution in [0.15, 0.2) is 54.7 Å². The molecule has 0 spiro atoms. The third-order valence-corrected chi connectivity index (χ3v) is 3.43. The normalized spacial score (nSPS) is 10.4. The average Bonchev–Trinajstić information content (AvgIpc) is 2.60. The molecule has 0 fully saturated rings. The largest absolute Gasteiger partial charge is 0.489 e. The summed E-state index contributed by atoms with van der Waals surface area (Å²) in [5.41, 5.74) is 1.97. The van der Waals surface area contributed by atoms with Crippen LogP contribution in [0.2, 0.25) is 0 Å². The Morgan fingerprint density at radius 1 is 1.21 bits per heavy atom. The lowest BCUT2D eigenvalue weighted by atomic mass is 10.1. The first-order chi connectivity index (χ1) is 11.7. The molecule has 1 amide bonds. The van der Waals surface area contributed by atoms with Gasteiger partial charge in [0.2, 0.25) is 0 Å². The predicted molar refractivity (Wildman–Crippen MR) is 88.5 cm³/mol. The number of nitrogens with one attached hydrogen (secondary N) is 1. The maximum absolute atomic E-state index is 13.7. The van der Waals surface area contributed by atoms with Crippen molar-refractivity contribution in [1.82, 2.24) is 4.98 Å². The number of ether oxygens (including phenoxy) is 2. The molecule has 0 unspecified atom stereocenters. The van der Waals surface area contributed by atoms with Gasteiger partial charge < -0.3 is 9.47 Å². The van der Waals surface area contributed by atoms with Gasteiger partial charge in [-0.1, -0.05) is 6.07 Å². The first-order valence-corrected chi connectivity index (χ1v) is 7.27. The van der Waals surface area contributed by atoms with E-state index >= 15 is 0 Å². The second kappa shape index (κ2) is 6.95. The lowest BCUT2D eigenvalue weighted by molar-refractivity contribution is 0.187. The summed E-state index contributed by atoms with van der Waals surface area (Å²) in [6, 6.07) is 13.2. The Morgan fingerprint density at radius 2 is 2.00 bits per heavy atom. The van der Waals surface area contributed by atoms with Crippen LogP contribution in [-0.4, -0.2) is 18.2 Å². The highest BCUT2D eigenvalue weighted by Gasteiger charge is 2.07. The van der Waals surface area contributed by atoms with Crippen molar-refractivity contribution in [3.05, 3.63) is 66.1 Å². The van der Waals surface area contributed by atoms with Crippen molar-refractivity contribution in [2.45, 2.75) is 6.61 Å². The fourth-order valence-corrected chi connectivity index (χ4v) is 2.30. The number of hydrogen-bond donors (Lipinski definition) is 1. The average molecular weight is 326 g/mol. The van der Waals surface area contributed by atoms with E-state index < -0.39 is 6.09 Å². The molecule has 6 heteroatoms. The van der Waals surface area contributed by atoms with Crippen molar-refractivity contribution in [3.63, 3.8) is 0 Å². The van der Waals surface area contributed by atoms with E-state index in [1.54, 1.807) is 36.5 Å². The lowest BCUT2D eigenvalue weighted by Crippen LogP contribution is -2.10. The van der Waals surface area contributed by atoms with E-state index in [2.05, 4.69) is 15.0 Å². The molecule has 122 valence electrons. The van der Waals surface area contributed by atoms with Crippen molar-refractivity contribution in [2.24, 2.45) is 0 Å². The number of methoxy groups -OCH3 is 1. The number of fused-ring (bicyclic) bond motifs is 1. The topological polar surface area (TPSA) is 60.5 Å². The Balaban J connectivity index is 1.73. The second-order valence-corrected chi connectivity index (χ2v) is 5.07. The Kier molecular flexibility index (Phi) is 4.56. The number of rotatable bonds is 4. The molecule has 0 aliphatic rings. The van der Waals surface area contributed by atoms with Crippen LogP contribution in [-0.2, 0) is 11.3 Å². The number of nitrogens with zero attached hydrogens (tertiary/aromatic N) is 1. The Bertz CT molecular complexity index is 866. The number of carbonyl (C=O) groups excluding carboxylic acids is 1. The quantitative estimate of drug-likeness (QED) is 0.783. The van der Waals surface area contributed by atoms with Crippen LogP contribution in [0.5, 0.6) is 5.75 Å². The highest BCUT2D eigenvalue weighted by molar-refractivity contribution is 5.84. The van der Waals surface area contributed by atoms with Crippen LogP contribution in [0.4, 0.5) is 14.9 Å². The maximum Gasteiger partial charge on any atom is 0.411 e. The first-order valence-electron chi connectivity index (χ1n) is 7.27. The minimum atomic E-state index is -0.541. The van der Waals surface area contributed by atoms with Gasteiger partial charge in [-0.25, -0.2) is 9.18 Å². The van der Waals surface area contributed by atoms with Crippen LogP contribution in [0, 0.1) is 5.82 Å². The van der Waals surface area contributed by atoms with Gasteiger partial charge in [0.15, 0.2) is 0 Å². The molecule has 2 aromatic carbocycles. The number of anilines is 1. The predicted octanol–water partition coefficient (Wildman–Crippen LogP) is 4.13. The Labute approximate surface area is 138 Å². The smallest absolute Gasteiger partial charge is 0.411 e. The fraction of sp³-hybridized carbons (Fsp3) is 0.111. The van der Waals surface area contributed by atoms with Crippen LogP contribution in [0.1, 0.15) is 5.56 Å². The van der Waals surface area contributed by atoms with Crippen molar-refractivity contribution in [3.8, 4) is 5.75 Å². The molecule has 1 N–H and O–H groups in total. The molecule has 0 aliphatic carbocycles. The minimum absolute atomic E-state index is 0.190. The third-order valence-electron chi connectivity index (χ3n) is 3.43. The van der Waals surface area contributed by atoms with Crippen LogP contribution in [0.3, 0.4) is 0 Å². The summed E-state index contributed by atoms with van der Waals surface area (Å²) in [7, 11) is 1.30. The van der Waals surface area contributed by atoms with Gasteiger partial charge in [0, 0.05) is 22.8 Å². The van der Waals surface area contributed by atoms with E-state index in [0.29, 0.717) is 22.5 Å². The van der Waals surface area contributed by atoms with Gasteiger partial charge in [0.25, 0.3) is 0 Å². The molecular weight excluding hydrogens is 311 g/mol. The van der Waals surface area contributed by atoms with Gasteiger partial charge in [-0.3, -0.25) is 10.3 Å². The fourth-order valence-electron chi connectivity index (χ4n) is 2.30.